The maximum atomic E-state index is 5.51. The number of nitrogens with zero attached hydrogens (tertiary/aromatic N) is 2. The van der Waals surface area contributed by atoms with Crippen molar-refractivity contribution in [2.45, 2.75) is 32.2 Å². The predicted molar refractivity (Wildman–Crippen MR) is 57.3 cm³/mol. The number of rotatable bonds is 3. The monoisotopic (exact) mass is 198 g/mol. The first-order chi connectivity index (χ1) is 6.90. The summed E-state index contributed by atoms with van der Waals surface area (Å²) in [7, 11) is 0. The second kappa shape index (κ2) is 5.10. The van der Waals surface area contributed by atoms with Crippen molar-refractivity contribution in [3.63, 3.8) is 0 Å². The van der Waals surface area contributed by atoms with E-state index < -0.39 is 0 Å². The summed E-state index contributed by atoms with van der Waals surface area (Å²) < 4.78 is 5.51. The lowest BCUT2D eigenvalue weighted by Gasteiger charge is -2.37. The van der Waals surface area contributed by atoms with E-state index in [0.717, 1.165) is 19.8 Å². The molecule has 2 saturated heterocycles. The quantitative estimate of drug-likeness (QED) is 0.676. The van der Waals surface area contributed by atoms with E-state index in [2.05, 4.69) is 16.7 Å². The van der Waals surface area contributed by atoms with Crippen LogP contribution in [0, 0.1) is 0 Å². The van der Waals surface area contributed by atoms with Gasteiger partial charge in [-0.25, -0.2) is 0 Å². The van der Waals surface area contributed by atoms with Crippen LogP contribution in [0.4, 0.5) is 0 Å². The highest BCUT2D eigenvalue weighted by Gasteiger charge is 2.24. The summed E-state index contributed by atoms with van der Waals surface area (Å²) in [6.45, 7) is 9.00. The average molecular weight is 198 g/mol. The fraction of sp³-hybridized carbons (Fsp3) is 1.00. The van der Waals surface area contributed by atoms with E-state index in [1.165, 1.54) is 39.0 Å². The Balaban J connectivity index is 1.81. The van der Waals surface area contributed by atoms with Crippen LogP contribution in [0.25, 0.3) is 0 Å². The van der Waals surface area contributed by atoms with Crippen molar-refractivity contribution in [1.29, 1.82) is 0 Å². The van der Waals surface area contributed by atoms with E-state index in [1.54, 1.807) is 0 Å². The normalized spacial score (nSPS) is 31.1. The van der Waals surface area contributed by atoms with Crippen molar-refractivity contribution >= 4 is 0 Å². The second-order valence-electron chi connectivity index (χ2n) is 4.42. The highest BCUT2D eigenvalue weighted by atomic mass is 16.5. The van der Waals surface area contributed by atoms with Crippen molar-refractivity contribution in [3.8, 4) is 0 Å². The SMILES string of the molecule is CC[C@H]1COCCN1CN1CCCC1. The van der Waals surface area contributed by atoms with Gasteiger partial charge in [0.2, 0.25) is 0 Å². The van der Waals surface area contributed by atoms with Gasteiger partial charge in [-0.05, 0) is 32.4 Å². The van der Waals surface area contributed by atoms with Gasteiger partial charge in [0.25, 0.3) is 0 Å². The van der Waals surface area contributed by atoms with Crippen molar-refractivity contribution in [2.75, 3.05) is 39.5 Å². The van der Waals surface area contributed by atoms with E-state index in [4.69, 9.17) is 4.74 Å². The molecule has 3 nitrogen and oxygen atoms in total. The van der Waals surface area contributed by atoms with Gasteiger partial charge in [0.05, 0.1) is 19.9 Å². The maximum absolute atomic E-state index is 5.51. The van der Waals surface area contributed by atoms with E-state index in [9.17, 15) is 0 Å². The molecule has 2 fully saturated rings. The molecule has 2 rings (SSSR count). The molecule has 0 aromatic rings. The molecule has 0 bridgehead atoms. The van der Waals surface area contributed by atoms with Crippen LogP contribution in [-0.2, 0) is 4.74 Å². The Morgan fingerprint density at radius 2 is 2.00 bits per heavy atom. The molecule has 0 N–H and O–H groups in total. The Bertz CT molecular complexity index is 169. The molecule has 14 heavy (non-hydrogen) atoms. The molecule has 0 aliphatic carbocycles. The molecule has 1 atom stereocenters. The molecule has 0 amide bonds. The van der Waals surface area contributed by atoms with Gasteiger partial charge >= 0.3 is 0 Å². The van der Waals surface area contributed by atoms with E-state index in [-0.39, 0.29) is 0 Å². The molecule has 2 aliphatic rings. The van der Waals surface area contributed by atoms with Crippen LogP contribution in [0.3, 0.4) is 0 Å². The zero-order valence-electron chi connectivity index (χ0n) is 9.24. The Kier molecular flexibility index (Phi) is 3.79. The first-order valence-electron chi connectivity index (χ1n) is 5.94. The molecule has 0 saturated carbocycles. The predicted octanol–water partition coefficient (Wildman–Crippen LogP) is 1.15. The van der Waals surface area contributed by atoms with Gasteiger partial charge in [-0.15, -0.1) is 0 Å². The third-order valence-corrected chi connectivity index (χ3v) is 3.40. The highest BCUT2D eigenvalue weighted by Crippen LogP contribution is 2.14. The van der Waals surface area contributed by atoms with Crippen molar-refractivity contribution in [1.82, 2.24) is 9.80 Å². The third-order valence-electron chi connectivity index (χ3n) is 3.40. The molecule has 82 valence electrons. The Labute approximate surface area is 87.0 Å². The number of ether oxygens (including phenoxy) is 1. The number of morpholine rings is 1. The molecule has 2 heterocycles. The van der Waals surface area contributed by atoms with Gasteiger partial charge in [0, 0.05) is 12.6 Å². The molecular weight excluding hydrogens is 176 g/mol. The summed E-state index contributed by atoms with van der Waals surface area (Å²) >= 11 is 0. The van der Waals surface area contributed by atoms with Crippen LogP contribution in [0.15, 0.2) is 0 Å². The topological polar surface area (TPSA) is 15.7 Å². The van der Waals surface area contributed by atoms with Crippen LogP contribution < -0.4 is 0 Å². The molecule has 0 spiro atoms. The van der Waals surface area contributed by atoms with Gasteiger partial charge in [-0.2, -0.15) is 0 Å². The van der Waals surface area contributed by atoms with Gasteiger partial charge in [0.15, 0.2) is 0 Å². The number of hydrogen-bond acceptors (Lipinski definition) is 3. The first kappa shape index (κ1) is 10.4. The highest BCUT2D eigenvalue weighted by molar-refractivity contribution is 4.75. The average Bonchev–Trinajstić information content (AvgIpc) is 2.71. The van der Waals surface area contributed by atoms with Gasteiger partial charge in [-0.1, -0.05) is 6.92 Å². The molecule has 0 radical (unpaired) electrons. The Morgan fingerprint density at radius 1 is 1.21 bits per heavy atom. The summed E-state index contributed by atoms with van der Waals surface area (Å²) in [6.07, 6.45) is 4.00. The van der Waals surface area contributed by atoms with Gasteiger partial charge in [-0.3, -0.25) is 9.80 Å². The number of likely N-dealkylation sites (tertiary alicyclic amines) is 1. The summed E-state index contributed by atoms with van der Waals surface area (Å²) in [5.41, 5.74) is 0. The minimum Gasteiger partial charge on any atom is -0.378 e. The van der Waals surface area contributed by atoms with E-state index in [1.807, 2.05) is 0 Å². The van der Waals surface area contributed by atoms with Crippen molar-refractivity contribution in [3.05, 3.63) is 0 Å². The van der Waals surface area contributed by atoms with Crippen LogP contribution >= 0.6 is 0 Å². The molecular formula is C11H22N2O. The Morgan fingerprint density at radius 3 is 2.71 bits per heavy atom. The summed E-state index contributed by atoms with van der Waals surface area (Å²) in [5.74, 6) is 0. The van der Waals surface area contributed by atoms with Crippen LogP contribution in [0.5, 0.6) is 0 Å². The number of hydrogen-bond donors (Lipinski definition) is 0. The Hall–Kier alpha value is -0.120. The fourth-order valence-electron chi connectivity index (χ4n) is 2.43. The minimum atomic E-state index is 0.657. The second-order valence-corrected chi connectivity index (χ2v) is 4.42. The molecule has 2 aliphatic heterocycles. The minimum absolute atomic E-state index is 0.657. The molecule has 0 unspecified atom stereocenters. The third kappa shape index (κ3) is 2.47. The first-order valence-corrected chi connectivity index (χ1v) is 5.94. The molecule has 0 aromatic heterocycles. The smallest absolute Gasteiger partial charge is 0.0622 e. The maximum Gasteiger partial charge on any atom is 0.0622 e. The lowest BCUT2D eigenvalue weighted by atomic mass is 10.2. The zero-order chi connectivity index (χ0) is 9.80. The summed E-state index contributed by atoms with van der Waals surface area (Å²) in [6, 6.07) is 0.657. The lowest BCUT2D eigenvalue weighted by molar-refractivity contribution is -0.0301. The largest absolute Gasteiger partial charge is 0.378 e. The van der Waals surface area contributed by atoms with Crippen molar-refractivity contribution < 1.29 is 4.74 Å². The van der Waals surface area contributed by atoms with Gasteiger partial charge < -0.3 is 4.74 Å². The summed E-state index contributed by atoms with van der Waals surface area (Å²) in [4.78, 5) is 5.17. The zero-order valence-corrected chi connectivity index (χ0v) is 9.24. The van der Waals surface area contributed by atoms with Gasteiger partial charge in [0.1, 0.15) is 0 Å². The van der Waals surface area contributed by atoms with E-state index >= 15 is 0 Å². The van der Waals surface area contributed by atoms with Crippen LogP contribution in [-0.4, -0.2) is 55.4 Å². The lowest BCUT2D eigenvalue weighted by Crippen LogP contribution is -2.49. The summed E-state index contributed by atoms with van der Waals surface area (Å²) in [5, 5.41) is 0. The molecule has 3 heteroatoms. The standard InChI is InChI=1S/C11H22N2O/c1-2-11-9-14-8-7-13(11)10-12-5-3-4-6-12/h11H,2-10H2,1H3/t11-/m0/s1. The van der Waals surface area contributed by atoms with E-state index in [0.29, 0.717) is 6.04 Å². The van der Waals surface area contributed by atoms with Crippen LogP contribution in [0.1, 0.15) is 26.2 Å². The van der Waals surface area contributed by atoms with Crippen molar-refractivity contribution in [2.24, 2.45) is 0 Å². The molecule has 0 aromatic carbocycles. The van der Waals surface area contributed by atoms with Crippen LogP contribution in [0.2, 0.25) is 0 Å². The fourth-order valence-corrected chi connectivity index (χ4v) is 2.43.